The van der Waals surface area contributed by atoms with Crippen LogP contribution in [0.2, 0.25) is 0 Å². The van der Waals surface area contributed by atoms with Gasteiger partial charge in [-0.2, -0.15) is 43.9 Å². The number of benzene rings is 1. The van der Waals surface area contributed by atoms with Gasteiger partial charge in [-0.15, -0.1) is 0 Å². The molecule has 0 unspecified atom stereocenters. The molecule has 0 fully saturated rings. The molecule has 0 aliphatic rings. The van der Waals surface area contributed by atoms with E-state index >= 15 is 0 Å². The summed E-state index contributed by atoms with van der Waals surface area (Å²) in [5, 5.41) is 0. The zero-order valence-corrected chi connectivity index (χ0v) is 16.5. The van der Waals surface area contributed by atoms with Crippen LogP contribution in [-0.2, 0) is 0 Å². The second-order valence-electron chi connectivity index (χ2n) is 6.04. The Bertz CT molecular complexity index is 688. The van der Waals surface area contributed by atoms with Gasteiger partial charge in [0.1, 0.15) is 0 Å². The lowest BCUT2D eigenvalue weighted by molar-refractivity contribution is -0.396. The zero-order valence-electron chi connectivity index (χ0n) is 14.3. The van der Waals surface area contributed by atoms with Crippen molar-refractivity contribution in [3.05, 3.63) is 27.3 Å². The van der Waals surface area contributed by atoms with Crippen molar-refractivity contribution in [1.82, 2.24) is 0 Å². The number of ether oxygens (including phenoxy) is 1. The molecule has 0 saturated heterocycles. The van der Waals surface area contributed by atoms with Gasteiger partial charge in [0, 0.05) is 6.42 Å². The first-order valence-corrected chi connectivity index (χ1v) is 9.10. The van der Waals surface area contributed by atoms with Gasteiger partial charge in [-0.25, -0.2) is 4.39 Å². The number of hydrogen-bond donors (Lipinski definition) is 0. The van der Waals surface area contributed by atoms with Crippen LogP contribution in [-0.4, -0.2) is 30.6 Å². The molecule has 168 valence electrons. The van der Waals surface area contributed by atoms with E-state index in [1.54, 1.807) is 22.6 Å². The van der Waals surface area contributed by atoms with Crippen LogP contribution in [0.5, 0.6) is 5.75 Å². The lowest BCUT2D eigenvalue weighted by Crippen LogP contribution is -2.60. The lowest BCUT2D eigenvalue weighted by atomic mass is 9.98. The Morgan fingerprint density at radius 3 is 1.83 bits per heavy atom. The van der Waals surface area contributed by atoms with Crippen LogP contribution in [0.3, 0.4) is 0 Å². The molecule has 0 N–H and O–H groups in total. The molecule has 0 spiro atoms. The zero-order chi connectivity index (χ0) is 22.7. The fourth-order valence-electron chi connectivity index (χ4n) is 2.17. The van der Waals surface area contributed by atoms with E-state index in [0.717, 1.165) is 6.07 Å². The summed E-state index contributed by atoms with van der Waals surface area (Å²) < 4.78 is 146. The number of hydrogen-bond acceptors (Lipinski definition) is 1. The van der Waals surface area contributed by atoms with Gasteiger partial charge in [-0.1, -0.05) is 12.8 Å². The second-order valence-corrected chi connectivity index (χ2v) is 7.20. The quantitative estimate of drug-likeness (QED) is 0.126. The maximum atomic E-state index is 13.5. The molecule has 1 nitrogen and oxygen atoms in total. The molecule has 0 radical (unpaired) electrons. The molecule has 0 heterocycles. The van der Waals surface area contributed by atoms with E-state index in [1.807, 2.05) is 0 Å². The van der Waals surface area contributed by atoms with E-state index in [1.165, 1.54) is 6.07 Å². The van der Waals surface area contributed by atoms with E-state index in [4.69, 9.17) is 4.74 Å². The van der Waals surface area contributed by atoms with Crippen LogP contribution in [0, 0.1) is 15.2 Å². The standard InChI is InChI=1S/C16H14F11IO/c17-11-9(28)5-6-10(12(11)18)29-8-4-2-1-3-7-13(19,20)14(21,22)15(23,24)16(25,26)27/h5-6H,1-4,7-8H2. The lowest BCUT2D eigenvalue weighted by Gasteiger charge is -2.33. The highest BCUT2D eigenvalue weighted by Crippen LogP contribution is 2.54. The minimum atomic E-state index is -6.88. The van der Waals surface area contributed by atoms with Crippen molar-refractivity contribution in [3.8, 4) is 5.75 Å². The number of unbranched alkanes of at least 4 members (excludes halogenated alkanes) is 3. The van der Waals surface area contributed by atoms with Crippen molar-refractivity contribution in [2.24, 2.45) is 0 Å². The van der Waals surface area contributed by atoms with Gasteiger partial charge in [0.05, 0.1) is 10.2 Å². The fraction of sp³-hybridized carbons (Fsp3) is 0.625. The normalized spacial score (nSPS) is 13.7. The van der Waals surface area contributed by atoms with E-state index in [0.29, 0.717) is 0 Å². The summed E-state index contributed by atoms with van der Waals surface area (Å²) in [5.41, 5.74) is 0. The van der Waals surface area contributed by atoms with Gasteiger partial charge in [-0.3, -0.25) is 0 Å². The molecule has 0 aliphatic carbocycles. The molecule has 13 heteroatoms. The largest absolute Gasteiger partial charge is 0.490 e. The summed E-state index contributed by atoms with van der Waals surface area (Å²) in [6, 6.07) is 2.40. The van der Waals surface area contributed by atoms with E-state index < -0.39 is 54.2 Å². The number of rotatable bonds is 10. The van der Waals surface area contributed by atoms with Crippen molar-refractivity contribution in [2.75, 3.05) is 6.61 Å². The highest BCUT2D eigenvalue weighted by molar-refractivity contribution is 14.1. The molecular formula is C16H14F11IO. The molecule has 0 amide bonds. The van der Waals surface area contributed by atoms with Gasteiger partial charge in [0.2, 0.25) is 5.82 Å². The topological polar surface area (TPSA) is 9.23 Å². The molecule has 0 aromatic heterocycles. The Kier molecular flexibility index (Phi) is 8.45. The molecule has 29 heavy (non-hydrogen) atoms. The highest BCUT2D eigenvalue weighted by atomic mass is 127. The first kappa shape index (κ1) is 26.0. The molecule has 1 aromatic carbocycles. The van der Waals surface area contributed by atoms with Crippen LogP contribution >= 0.6 is 22.6 Å². The van der Waals surface area contributed by atoms with Gasteiger partial charge >= 0.3 is 23.9 Å². The Labute approximate surface area is 171 Å². The average Bonchev–Trinajstić information content (AvgIpc) is 2.59. The third-order valence-electron chi connectivity index (χ3n) is 3.85. The van der Waals surface area contributed by atoms with E-state index in [2.05, 4.69) is 0 Å². The smallest absolute Gasteiger partial charge is 0.460 e. The Morgan fingerprint density at radius 2 is 1.28 bits per heavy atom. The van der Waals surface area contributed by atoms with Crippen molar-refractivity contribution >= 4 is 22.6 Å². The molecule has 1 rings (SSSR count). The van der Waals surface area contributed by atoms with Crippen LogP contribution in [0.25, 0.3) is 0 Å². The fourth-order valence-corrected chi connectivity index (χ4v) is 2.59. The van der Waals surface area contributed by atoms with Crippen molar-refractivity contribution in [3.63, 3.8) is 0 Å². The third-order valence-corrected chi connectivity index (χ3v) is 4.69. The predicted molar refractivity (Wildman–Crippen MR) is 88.6 cm³/mol. The molecular weight excluding hydrogens is 544 g/mol. The molecule has 0 atom stereocenters. The summed E-state index contributed by atoms with van der Waals surface area (Å²) in [7, 11) is 0. The second kappa shape index (κ2) is 9.41. The molecule has 1 aromatic rings. The summed E-state index contributed by atoms with van der Waals surface area (Å²) >= 11 is 1.55. The Morgan fingerprint density at radius 1 is 0.724 bits per heavy atom. The summed E-state index contributed by atoms with van der Waals surface area (Å²) in [6.45, 7) is -0.185. The summed E-state index contributed by atoms with van der Waals surface area (Å²) in [6.07, 6.45) is -9.55. The third kappa shape index (κ3) is 5.78. The van der Waals surface area contributed by atoms with Crippen LogP contribution < -0.4 is 4.74 Å². The minimum Gasteiger partial charge on any atom is -0.490 e. The highest BCUT2D eigenvalue weighted by Gasteiger charge is 2.81. The first-order valence-electron chi connectivity index (χ1n) is 8.02. The van der Waals surface area contributed by atoms with Crippen molar-refractivity contribution in [1.29, 1.82) is 0 Å². The van der Waals surface area contributed by atoms with Gasteiger partial charge in [0.25, 0.3) is 0 Å². The minimum absolute atomic E-state index is 0.0151. The van der Waals surface area contributed by atoms with Gasteiger partial charge in [-0.05, 0) is 47.6 Å². The summed E-state index contributed by atoms with van der Waals surface area (Å²) in [4.78, 5) is 0. The SMILES string of the molecule is Fc1c(I)ccc(OCCCCCCC(F)(F)C(F)(F)C(F)(F)C(F)(F)F)c1F. The average molecular weight is 558 g/mol. The molecule has 0 aliphatic heterocycles. The Hall–Kier alpha value is -1.02. The van der Waals surface area contributed by atoms with Crippen LogP contribution in [0.15, 0.2) is 12.1 Å². The van der Waals surface area contributed by atoms with Crippen molar-refractivity contribution < 1.29 is 53.0 Å². The van der Waals surface area contributed by atoms with Gasteiger partial charge in [0.15, 0.2) is 11.6 Å². The van der Waals surface area contributed by atoms with Crippen LogP contribution in [0.1, 0.15) is 32.1 Å². The maximum absolute atomic E-state index is 13.5. The van der Waals surface area contributed by atoms with Crippen LogP contribution in [0.4, 0.5) is 48.3 Å². The van der Waals surface area contributed by atoms with E-state index in [9.17, 15) is 48.3 Å². The number of alkyl halides is 9. The molecule has 0 saturated carbocycles. The molecule has 0 bridgehead atoms. The van der Waals surface area contributed by atoms with Gasteiger partial charge < -0.3 is 4.74 Å². The monoisotopic (exact) mass is 558 g/mol. The predicted octanol–water partition coefficient (Wildman–Crippen LogP) is 7.37. The first-order chi connectivity index (χ1) is 13.1. The van der Waals surface area contributed by atoms with Crippen molar-refractivity contribution in [2.45, 2.75) is 56.0 Å². The summed E-state index contributed by atoms with van der Waals surface area (Å²) in [5.74, 6) is -21.8. The Balaban J connectivity index is 2.45. The number of halogens is 12. The maximum Gasteiger partial charge on any atom is 0.460 e. The van der Waals surface area contributed by atoms with E-state index in [-0.39, 0.29) is 29.4 Å².